The maximum Gasteiger partial charge on any atom is 0.132 e. The van der Waals surface area contributed by atoms with Crippen LogP contribution in [0.3, 0.4) is 0 Å². The molecule has 0 saturated carbocycles. The second-order valence-electron chi connectivity index (χ2n) is 4.42. The highest BCUT2D eigenvalue weighted by atomic mass is 35.5. The highest BCUT2D eigenvalue weighted by Gasteiger charge is 2.07. The van der Waals surface area contributed by atoms with Gasteiger partial charge in [0.05, 0.1) is 0 Å². The molecule has 0 fully saturated rings. The molecule has 0 spiro atoms. The number of nitrogens with zero attached hydrogens (tertiary/aromatic N) is 2. The van der Waals surface area contributed by atoms with Crippen LogP contribution in [0.5, 0.6) is 0 Å². The summed E-state index contributed by atoms with van der Waals surface area (Å²) in [5.41, 5.74) is 8.93. The van der Waals surface area contributed by atoms with Gasteiger partial charge in [-0.25, -0.2) is 9.97 Å². The van der Waals surface area contributed by atoms with Crippen LogP contribution < -0.4 is 5.73 Å². The van der Waals surface area contributed by atoms with Gasteiger partial charge in [-0.3, -0.25) is 0 Å². The van der Waals surface area contributed by atoms with E-state index >= 15 is 0 Å². The van der Waals surface area contributed by atoms with Crippen LogP contribution in [0.25, 0.3) is 0 Å². The average molecular weight is 262 g/mol. The van der Waals surface area contributed by atoms with Crippen LogP contribution in [0.2, 0.25) is 5.02 Å². The molecule has 0 bridgehead atoms. The van der Waals surface area contributed by atoms with E-state index in [0.29, 0.717) is 6.42 Å². The van der Waals surface area contributed by atoms with Gasteiger partial charge in [0.2, 0.25) is 0 Å². The van der Waals surface area contributed by atoms with Gasteiger partial charge in [0.25, 0.3) is 0 Å². The zero-order valence-corrected chi connectivity index (χ0v) is 11.3. The van der Waals surface area contributed by atoms with Crippen LogP contribution in [0, 0.1) is 6.92 Å². The van der Waals surface area contributed by atoms with Gasteiger partial charge in [-0.05, 0) is 31.5 Å². The Morgan fingerprint density at radius 3 is 2.50 bits per heavy atom. The SMILES string of the molecule is Cc1nc(Cc2ccc(Cl)cc2)ncc1C(C)N. The van der Waals surface area contributed by atoms with Gasteiger partial charge < -0.3 is 5.73 Å². The van der Waals surface area contributed by atoms with Crippen molar-refractivity contribution in [2.24, 2.45) is 5.73 Å². The Bertz CT molecular complexity index is 535. The molecule has 0 radical (unpaired) electrons. The van der Waals surface area contributed by atoms with E-state index < -0.39 is 0 Å². The molecule has 1 unspecified atom stereocenters. The van der Waals surface area contributed by atoms with E-state index in [2.05, 4.69) is 9.97 Å². The second kappa shape index (κ2) is 5.46. The lowest BCUT2D eigenvalue weighted by molar-refractivity contribution is 0.777. The first-order valence-electron chi connectivity index (χ1n) is 5.88. The van der Waals surface area contributed by atoms with Crippen LogP contribution >= 0.6 is 11.6 Å². The molecule has 0 amide bonds. The van der Waals surface area contributed by atoms with Gasteiger partial charge in [-0.2, -0.15) is 0 Å². The fourth-order valence-corrected chi connectivity index (χ4v) is 1.97. The van der Waals surface area contributed by atoms with E-state index in [0.717, 1.165) is 27.7 Å². The first-order valence-corrected chi connectivity index (χ1v) is 6.26. The van der Waals surface area contributed by atoms with Crippen LogP contribution in [-0.4, -0.2) is 9.97 Å². The number of aromatic nitrogens is 2. The maximum atomic E-state index is 5.85. The quantitative estimate of drug-likeness (QED) is 0.924. The molecule has 3 nitrogen and oxygen atoms in total. The van der Waals surface area contributed by atoms with Crippen LogP contribution in [0.15, 0.2) is 30.5 Å². The molecule has 0 aliphatic heterocycles. The van der Waals surface area contributed by atoms with Crippen molar-refractivity contribution in [2.45, 2.75) is 26.3 Å². The van der Waals surface area contributed by atoms with Crippen molar-refractivity contribution in [2.75, 3.05) is 0 Å². The third-order valence-electron chi connectivity index (χ3n) is 2.83. The summed E-state index contributed by atoms with van der Waals surface area (Å²) >= 11 is 5.85. The number of rotatable bonds is 3. The van der Waals surface area contributed by atoms with Gasteiger partial charge in [0.15, 0.2) is 0 Å². The molecule has 1 aromatic heterocycles. The van der Waals surface area contributed by atoms with E-state index in [1.165, 1.54) is 0 Å². The van der Waals surface area contributed by atoms with Crippen molar-refractivity contribution in [3.05, 3.63) is 58.1 Å². The number of hydrogen-bond donors (Lipinski definition) is 1. The molecule has 18 heavy (non-hydrogen) atoms. The molecule has 1 aromatic carbocycles. The van der Waals surface area contributed by atoms with Crippen molar-refractivity contribution in [1.82, 2.24) is 9.97 Å². The monoisotopic (exact) mass is 261 g/mol. The van der Waals surface area contributed by atoms with Crippen LogP contribution in [-0.2, 0) is 6.42 Å². The third-order valence-corrected chi connectivity index (χ3v) is 3.09. The lowest BCUT2D eigenvalue weighted by Crippen LogP contribution is -2.10. The first-order chi connectivity index (χ1) is 8.56. The maximum absolute atomic E-state index is 5.85. The number of nitrogens with two attached hydrogens (primary N) is 1. The number of aryl methyl sites for hydroxylation is 1. The lowest BCUT2D eigenvalue weighted by Gasteiger charge is -2.09. The van der Waals surface area contributed by atoms with Gasteiger partial charge >= 0.3 is 0 Å². The van der Waals surface area contributed by atoms with Gasteiger partial charge in [0.1, 0.15) is 5.82 Å². The minimum Gasteiger partial charge on any atom is -0.324 e. The largest absolute Gasteiger partial charge is 0.324 e. The second-order valence-corrected chi connectivity index (χ2v) is 4.86. The average Bonchev–Trinajstić information content (AvgIpc) is 2.32. The van der Waals surface area contributed by atoms with Gasteiger partial charge in [-0.1, -0.05) is 23.7 Å². The van der Waals surface area contributed by atoms with Gasteiger partial charge in [0, 0.05) is 34.9 Å². The Labute approximate surface area is 112 Å². The van der Waals surface area contributed by atoms with E-state index in [1.807, 2.05) is 44.3 Å². The molecule has 4 heteroatoms. The number of hydrogen-bond acceptors (Lipinski definition) is 3. The number of halogens is 1. The molecular formula is C14H16ClN3. The molecule has 0 saturated heterocycles. The minimum absolute atomic E-state index is 0.0328. The highest BCUT2D eigenvalue weighted by Crippen LogP contribution is 2.15. The smallest absolute Gasteiger partial charge is 0.132 e. The van der Waals surface area contributed by atoms with E-state index in [9.17, 15) is 0 Å². The summed E-state index contributed by atoms with van der Waals surface area (Å²) in [6, 6.07) is 7.69. The first kappa shape index (κ1) is 13.0. The summed E-state index contributed by atoms with van der Waals surface area (Å²) in [4.78, 5) is 8.84. The Morgan fingerprint density at radius 1 is 1.28 bits per heavy atom. The fourth-order valence-electron chi connectivity index (χ4n) is 1.84. The summed E-state index contributed by atoms with van der Waals surface area (Å²) in [5.74, 6) is 0.805. The molecule has 2 N–H and O–H groups in total. The molecule has 2 aromatic rings. The zero-order chi connectivity index (χ0) is 13.1. The minimum atomic E-state index is -0.0328. The van der Waals surface area contributed by atoms with E-state index in [4.69, 9.17) is 17.3 Å². The summed E-state index contributed by atoms with van der Waals surface area (Å²) < 4.78 is 0. The van der Waals surface area contributed by atoms with Crippen molar-refractivity contribution >= 4 is 11.6 Å². The van der Waals surface area contributed by atoms with Crippen molar-refractivity contribution in [1.29, 1.82) is 0 Å². The van der Waals surface area contributed by atoms with Crippen molar-refractivity contribution < 1.29 is 0 Å². The van der Waals surface area contributed by atoms with Gasteiger partial charge in [-0.15, -0.1) is 0 Å². The summed E-state index contributed by atoms with van der Waals surface area (Å²) in [6.07, 6.45) is 2.52. The third kappa shape index (κ3) is 3.06. The van der Waals surface area contributed by atoms with Crippen molar-refractivity contribution in [3.8, 4) is 0 Å². The molecule has 1 heterocycles. The summed E-state index contributed by atoms with van der Waals surface area (Å²) in [6.45, 7) is 3.90. The van der Waals surface area contributed by atoms with Crippen LogP contribution in [0.1, 0.15) is 35.6 Å². The standard InChI is InChI=1S/C14H16ClN3/c1-9(16)13-8-17-14(18-10(13)2)7-11-3-5-12(15)6-4-11/h3-6,8-9H,7,16H2,1-2H3. The molecule has 94 valence electrons. The molecule has 1 atom stereocenters. The predicted molar refractivity (Wildman–Crippen MR) is 73.6 cm³/mol. The van der Waals surface area contributed by atoms with E-state index in [1.54, 1.807) is 0 Å². The highest BCUT2D eigenvalue weighted by molar-refractivity contribution is 6.30. The zero-order valence-electron chi connectivity index (χ0n) is 10.5. The molecule has 0 aliphatic carbocycles. The Hall–Kier alpha value is -1.45. The van der Waals surface area contributed by atoms with Crippen LogP contribution in [0.4, 0.5) is 0 Å². The lowest BCUT2D eigenvalue weighted by atomic mass is 10.1. The topological polar surface area (TPSA) is 51.8 Å². The molecule has 2 rings (SSSR count). The normalized spacial score (nSPS) is 12.4. The number of benzene rings is 1. The van der Waals surface area contributed by atoms with Crippen molar-refractivity contribution in [3.63, 3.8) is 0 Å². The molecule has 0 aliphatic rings. The predicted octanol–water partition coefficient (Wildman–Crippen LogP) is 3.05. The summed E-state index contributed by atoms with van der Waals surface area (Å²) in [5, 5.41) is 0.739. The Kier molecular flexibility index (Phi) is 3.94. The Morgan fingerprint density at radius 2 is 1.94 bits per heavy atom. The molecular weight excluding hydrogens is 246 g/mol. The Balaban J connectivity index is 2.20. The van der Waals surface area contributed by atoms with E-state index in [-0.39, 0.29) is 6.04 Å². The summed E-state index contributed by atoms with van der Waals surface area (Å²) in [7, 11) is 0. The fraction of sp³-hybridized carbons (Fsp3) is 0.286.